The van der Waals surface area contributed by atoms with Crippen LogP contribution in [0.1, 0.15) is 62.7 Å². The molecule has 2 aromatic heterocycles. The minimum absolute atomic E-state index is 0. The Morgan fingerprint density at radius 1 is 0.767 bits per heavy atom. The zero-order valence-corrected chi connectivity index (χ0v) is 27.8. The van der Waals surface area contributed by atoms with E-state index < -0.39 is 27.5 Å². The Morgan fingerprint density at radius 2 is 1.26 bits per heavy atom. The first-order valence-electron chi connectivity index (χ1n) is 13.2. The van der Waals surface area contributed by atoms with Crippen molar-refractivity contribution in [2.75, 3.05) is 13.2 Å². The Kier molecular flexibility index (Phi) is 10.4. The van der Waals surface area contributed by atoms with Gasteiger partial charge in [0, 0.05) is 4.90 Å². The lowest BCUT2D eigenvalue weighted by Gasteiger charge is -2.15. The van der Waals surface area contributed by atoms with Crippen molar-refractivity contribution in [3.8, 4) is 0 Å². The molecule has 15 heteroatoms. The van der Waals surface area contributed by atoms with Crippen LogP contribution in [0.3, 0.4) is 0 Å². The van der Waals surface area contributed by atoms with Crippen molar-refractivity contribution in [1.82, 2.24) is 18.7 Å². The zero-order valence-electron chi connectivity index (χ0n) is 24.6. The molecule has 0 bridgehead atoms. The van der Waals surface area contributed by atoms with Crippen LogP contribution < -0.4 is 0 Å². The van der Waals surface area contributed by atoms with Crippen LogP contribution in [0.4, 0.5) is 0 Å². The monoisotopic (exact) mass is 666 g/mol. The average molecular weight is 667 g/mol. The second kappa shape index (κ2) is 13.3. The number of ether oxygens (including phenoxy) is 4. The maximum Gasteiger partial charge on any atom is 0.235 e. The van der Waals surface area contributed by atoms with Crippen molar-refractivity contribution >= 4 is 44.7 Å². The minimum Gasteiger partial charge on any atom is -0.412 e. The Bertz CT molecular complexity index is 1620. The fourth-order valence-electron chi connectivity index (χ4n) is 4.01. The van der Waals surface area contributed by atoms with Gasteiger partial charge in [0.25, 0.3) is 0 Å². The molecule has 2 N–H and O–H groups in total. The van der Waals surface area contributed by atoms with Crippen LogP contribution >= 0.6 is 34.8 Å². The number of benzene rings is 2. The highest BCUT2D eigenvalue weighted by Gasteiger charge is 2.37. The molecule has 2 atom stereocenters. The van der Waals surface area contributed by atoms with Gasteiger partial charge in [0.05, 0.1) is 18.1 Å². The summed E-state index contributed by atoms with van der Waals surface area (Å²) in [6.45, 7) is 12.2. The average Bonchev–Trinajstić information content (AvgIpc) is 3.73. The normalized spacial score (nSPS) is 20.7. The summed E-state index contributed by atoms with van der Waals surface area (Å²) >= 11 is 3.88. The highest BCUT2D eigenvalue weighted by atomic mass is 32.2. The molecule has 0 amide bonds. The van der Waals surface area contributed by atoms with Crippen LogP contribution in [-0.4, -0.2) is 57.4 Å². The van der Waals surface area contributed by atoms with Crippen molar-refractivity contribution in [1.29, 1.82) is 0 Å². The van der Waals surface area contributed by atoms with Crippen molar-refractivity contribution in [3.63, 3.8) is 0 Å². The third-order valence-electron chi connectivity index (χ3n) is 6.23. The molecule has 0 spiro atoms. The Balaban J connectivity index is 0.000000193. The van der Waals surface area contributed by atoms with E-state index in [1.807, 2.05) is 20.8 Å². The lowest BCUT2D eigenvalue weighted by Crippen LogP contribution is -2.19. The van der Waals surface area contributed by atoms with E-state index >= 15 is 0 Å². The van der Waals surface area contributed by atoms with Gasteiger partial charge in [0.1, 0.15) is 12.2 Å². The molecule has 232 valence electrons. The number of sulfone groups is 1. The van der Waals surface area contributed by atoms with Gasteiger partial charge in [0.15, 0.2) is 27.6 Å². The molecule has 2 fully saturated rings. The van der Waals surface area contributed by atoms with E-state index in [1.165, 1.54) is 22.0 Å². The van der Waals surface area contributed by atoms with Gasteiger partial charge in [-0.25, -0.2) is 18.4 Å². The standard InChI is InChI=1S/C14H16N2O4S2.C14H16N2O2S2.H2O/c1-9-4-6-10(7-5-9)22(17,18)13-15-12(16-21-13)11-8-19-14(2,3)20-11;1-9-4-6-10(7-5-9)19-13-15-12(16-20-13)11-8-17-14(2,3)18-11;/h4-7,11H,8H2,1-3H3;4-7,11H,8H2,1-3H3;1H2/t2*11-;/m11./s1. The van der Waals surface area contributed by atoms with Gasteiger partial charge in [-0.05, 0) is 88.9 Å². The summed E-state index contributed by atoms with van der Waals surface area (Å²) in [7, 11) is -3.64. The number of hydrogen-bond donors (Lipinski definition) is 0. The molecule has 4 aromatic rings. The van der Waals surface area contributed by atoms with Crippen LogP contribution in [0.2, 0.25) is 0 Å². The van der Waals surface area contributed by atoms with E-state index in [9.17, 15) is 8.42 Å². The summed E-state index contributed by atoms with van der Waals surface area (Å²) in [6.07, 6.45) is -0.596. The summed E-state index contributed by atoms with van der Waals surface area (Å²) in [5.74, 6) is -0.178. The molecular weight excluding hydrogens is 633 g/mol. The van der Waals surface area contributed by atoms with Crippen LogP contribution in [0.5, 0.6) is 0 Å². The molecule has 11 nitrogen and oxygen atoms in total. The number of hydrogen-bond acceptors (Lipinski definition) is 13. The van der Waals surface area contributed by atoms with E-state index in [4.69, 9.17) is 18.9 Å². The van der Waals surface area contributed by atoms with E-state index in [1.54, 1.807) is 49.9 Å². The third kappa shape index (κ3) is 8.44. The molecular formula is C28H34N4O7S4. The van der Waals surface area contributed by atoms with Gasteiger partial charge in [-0.1, -0.05) is 47.2 Å². The Morgan fingerprint density at radius 3 is 1.77 bits per heavy atom. The number of nitrogens with zero attached hydrogens (tertiary/aromatic N) is 4. The third-order valence-corrected chi connectivity index (χ3v) is 10.9. The minimum atomic E-state index is -3.64. The predicted octanol–water partition coefficient (Wildman–Crippen LogP) is 5.50. The van der Waals surface area contributed by atoms with Crippen LogP contribution in [0.15, 0.2) is 67.0 Å². The molecule has 2 aliphatic rings. The van der Waals surface area contributed by atoms with Crippen molar-refractivity contribution in [2.24, 2.45) is 0 Å². The molecule has 6 rings (SSSR count). The number of aryl methyl sites for hydroxylation is 2. The fraction of sp³-hybridized carbons (Fsp3) is 0.429. The topological polar surface area (TPSA) is 154 Å². The SMILES string of the molecule is Cc1ccc(S(=O)(=O)c2nc([C@H]3COC(C)(C)O3)ns2)cc1.Cc1ccc(Sc2nc([C@H]3COC(C)(C)O3)ns2)cc1.O. The second-order valence-electron chi connectivity index (χ2n) is 10.7. The van der Waals surface area contributed by atoms with E-state index in [2.05, 4.69) is 49.9 Å². The van der Waals surface area contributed by atoms with E-state index in [-0.39, 0.29) is 20.8 Å². The van der Waals surface area contributed by atoms with Gasteiger partial charge >= 0.3 is 0 Å². The Labute approximate surface area is 263 Å². The quantitative estimate of drug-likeness (QED) is 0.256. The highest BCUT2D eigenvalue weighted by Crippen LogP contribution is 2.36. The zero-order chi connectivity index (χ0) is 30.1. The molecule has 4 heterocycles. The van der Waals surface area contributed by atoms with Crippen molar-refractivity contribution in [3.05, 3.63) is 71.3 Å². The van der Waals surface area contributed by atoms with Gasteiger partial charge in [-0.3, -0.25) is 0 Å². The lowest BCUT2D eigenvalue weighted by atomic mass is 10.2. The van der Waals surface area contributed by atoms with Crippen molar-refractivity contribution in [2.45, 2.75) is 83.8 Å². The summed E-state index contributed by atoms with van der Waals surface area (Å²) < 4.78 is 56.9. The first kappa shape index (κ1) is 33.6. The number of rotatable bonds is 6. The fourth-order valence-corrected chi connectivity index (χ4v) is 7.80. The lowest BCUT2D eigenvalue weighted by molar-refractivity contribution is -0.140. The summed E-state index contributed by atoms with van der Waals surface area (Å²) in [5.41, 5.74) is 2.25. The maximum atomic E-state index is 12.5. The van der Waals surface area contributed by atoms with Gasteiger partial charge in [0.2, 0.25) is 14.2 Å². The van der Waals surface area contributed by atoms with Crippen LogP contribution in [-0.2, 0) is 28.8 Å². The molecule has 0 unspecified atom stereocenters. The highest BCUT2D eigenvalue weighted by molar-refractivity contribution is 8.01. The molecule has 2 saturated heterocycles. The Hall–Kier alpha value is -2.34. The van der Waals surface area contributed by atoms with Crippen LogP contribution in [0.25, 0.3) is 0 Å². The predicted molar refractivity (Wildman–Crippen MR) is 163 cm³/mol. The summed E-state index contributed by atoms with van der Waals surface area (Å²) in [4.78, 5) is 10.1. The summed E-state index contributed by atoms with van der Waals surface area (Å²) in [6, 6.07) is 15.0. The van der Waals surface area contributed by atoms with Gasteiger partial charge < -0.3 is 24.4 Å². The van der Waals surface area contributed by atoms with Crippen molar-refractivity contribution < 1.29 is 32.8 Å². The molecule has 0 aliphatic carbocycles. The summed E-state index contributed by atoms with van der Waals surface area (Å²) in [5, 5.41) is 0. The molecule has 0 saturated carbocycles. The molecule has 43 heavy (non-hydrogen) atoms. The van der Waals surface area contributed by atoms with E-state index in [0.717, 1.165) is 27.3 Å². The molecule has 0 radical (unpaired) electrons. The largest absolute Gasteiger partial charge is 0.412 e. The molecule has 2 aromatic carbocycles. The molecule has 2 aliphatic heterocycles. The number of aromatic nitrogens is 4. The van der Waals surface area contributed by atoms with E-state index in [0.29, 0.717) is 19.0 Å². The first-order valence-corrected chi connectivity index (χ1v) is 17.0. The second-order valence-corrected chi connectivity index (χ2v) is 15.7. The van der Waals surface area contributed by atoms with Crippen LogP contribution in [0, 0.1) is 13.8 Å². The maximum absolute atomic E-state index is 12.5. The van der Waals surface area contributed by atoms with Gasteiger partial charge in [-0.15, -0.1) is 0 Å². The first-order chi connectivity index (χ1) is 19.8. The van der Waals surface area contributed by atoms with Gasteiger partial charge in [-0.2, -0.15) is 8.75 Å². The smallest absolute Gasteiger partial charge is 0.235 e.